The van der Waals surface area contributed by atoms with Crippen LogP contribution in [-0.4, -0.2) is 26.9 Å². The summed E-state index contributed by atoms with van der Waals surface area (Å²) in [6.45, 7) is 4.50. The number of anilines is 1. The number of carbonyl (C=O) groups is 1. The Bertz CT molecular complexity index is 928. The van der Waals surface area contributed by atoms with Gasteiger partial charge in [-0.3, -0.25) is 4.79 Å². The molecule has 1 N–H and O–H groups in total. The van der Waals surface area contributed by atoms with Gasteiger partial charge >= 0.3 is 0 Å². The highest BCUT2D eigenvalue weighted by Crippen LogP contribution is 2.26. The quantitative estimate of drug-likeness (QED) is 0.822. The van der Waals surface area contributed by atoms with Crippen LogP contribution < -0.4 is 9.62 Å². The van der Waals surface area contributed by atoms with Crippen molar-refractivity contribution in [3.8, 4) is 0 Å². The largest absolute Gasteiger partial charge is 0.311 e. The summed E-state index contributed by atoms with van der Waals surface area (Å²) >= 11 is 3.25. The number of hydrogen-bond donors (Lipinski definition) is 1. The van der Waals surface area contributed by atoms with E-state index in [0.29, 0.717) is 17.4 Å². The van der Waals surface area contributed by atoms with Crippen LogP contribution in [-0.2, 0) is 14.8 Å². The van der Waals surface area contributed by atoms with Crippen molar-refractivity contribution in [2.45, 2.75) is 31.2 Å². The Morgan fingerprint density at radius 2 is 1.84 bits per heavy atom. The van der Waals surface area contributed by atoms with Gasteiger partial charge in [0.1, 0.15) is 6.04 Å². The number of benzene rings is 2. The van der Waals surface area contributed by atoms with E-state index in [1.54, 1.807) is 23.1 Å². The number of nitrogens with zero attached hydrogens (tertiary/aromatic N) is 1. The Hall–Kier alpha value is -1.70. The molecule has 0 aliphatic carbocycles. The van der Waals surface area contributed by atoms with Crippen LogP contribution in [0.1, 0.15) is 17.5 Å². The predicted octanol–water partition coefficient (Wildman–Crippen LogP) is 3.15. The molecular formula is C18H19BrN2O3S. The maximum Gasteiger partial charge on any atom is 0.245 e. The molecule has 0 unspecified atom stereocenters. The molecule has 132 valence electrons. The normalized spacial score (nSPS) is 18.0. The molecule has 1 fully saturated rings. The second-order valence-electron chi connectivity index (χ2n) is 6.15. The first-order valence-corrected chi connectivity index (χ1v) is 10.2. The van der Waals surface area contributed by atoms with Crippen LogP contribution in [0.3, 0.4) is 0 Å². The zero-order chi connectivity index (χ0) is 18.2. The number of halogens is 1. The van der Waals surface area contributed by atoms with E-state index >= 15 is 0 Å². The first-order valence-electron chi connectivity index (χ1n) is 7.95. The van der Waals surface area contributed by atoms with Crippen molar-refractivity contribution in [3.05, 3.63) is 58.1 Å². The van der Waals surface area contributed by atoms with Crippen LogP contribution in [0.4, 0.5) is 5.69 Å². The Morgan fingerprint density at radius 3 is 2.52 bits per heavy atom. The van der Waals surface area contributed by atoms with Crippen LogP contribution in [0.25, 0.3) is 0 Å². The molecule has 0 spiro atoms. The second kappa shape index (κ2) is 6.90. The van der Waals surface area contributed by atoms with Gasteiger partial charge in [-0.15, -0.1) is 0 Å². The molecule has 1 aliphatic rings. The summed E-state index contributed by atoms with van der Waals surface area (Å²) < 4.78 is 28.2. The molecule has 3 rings (SSSR count). The van der Waals surface area contributed by atoms with Crippen LogP contribution in [0.5, 0.6) is 0 Å². The fraction of sp³-hybridized carbons (Fsp3) is 0.278. The topological polar surface area (TPSA) is 66.5 Å². The van der Waals surface area contributed by atoms with Gasteiger partial charge in [0.05, 0.1) is 4.90 Å². The van der Waals surface area contributed by atoms with Gasteiger partial charge in [-0.2, -0.15) is 4.72 Å². The van der Waals surface area contributed by atoms with Crippen LogP contribution in [0.15, 0.2) is 51.8 Å². The second-order valence-corrected chi connectivity index (χ2v) is 8.69. The van der Waals surface area contributed by atoms with Gasteiger partial charge in [-0.1, -0.05) is 18.2 Å². The molecule has 1 aliphatic heterocycles. The molecule has 1 atom stereocenters. The summed E-state index contributed by atoms with van der Waals surface area (Å²) in [4.78, 5) is 14.5. The van der Waals surface area contributed by atoms with Crippen LogP contribution >= 0.6 is 15.9 Å². The zero-order valence-corrected chi connectivity index (χ0v) is 16.4. The summed E-state index contributed by atoms with van der Waals surface area (Å²) in [7, 11) is -3.77. The summed E-state index contributed by atoms with van der Waals surface area (Å²) in [6.07, 6.45) is 0.440. The van der Waals surface area contributed by atoms with Gasteiger partial charge < -0.3 is 4.90 Å². The van der Waals surface area contributed by atoms with E-state index in [9.17, 15) is 13.2 Å². The third-order valence-corrected chi connectivity index (χ3v) is 6.92. The smallest absolute Gasteiger partial charge is 0.245 e. The minimum absolute atomic E-state index is 0.132. The Morgan fingerprint density at radius 1 is 1.12 bits per heavy atom. The van der Waals surface area contributed by atoms with Crippen molar-refractivity contribution >= 4 is 37.5 Å². The number of amides is 1. The van der Waals surface area contributed by atoms with Gasteiger partial charge in [0, 0.05) is 16.7 Å². The van der Waals surface area contributed by atoms with E-state index < -0.39 is 16.1 Å². The highest BCUT2D eigenvalue weighted by Gasteiger charge is 2.36. The maximum atomic E-state index is 12.7. The molecule has 0 saturated carbocycles. The van der Waals surface area contributed by atoms with E-state index in [4.69, 9.17) is 0 Å². The standard InChI is InChI=1S/C18H19BrN2O3S/c1-12-7-8-14(11-13(12)2)21-10-9-16(18(21)22)20-25(23,24)17-6-4-3-5-15(17)19/h3-8,11,16,20H,9-10H2,1-2H3/t16-/m1/s1. The predicted molar refractivity (Wildman–Crippen MR) is 101 cm³/mol. The van der Waals surface area contributed by atoms with Crippen molar-refractivity contribution in [1.82, 2.24) is 4.72 Å². The molecule has 2 aromatic carbocycles. The average molecular weight is 423 g/mol. The monoisotopic (exact) mass is 422 g/mol. The fourth-order valence-corrected chi connectivity index (χ4v) is 5.08. The van der Waals surface area contributed by atoms with Crippen molar-refractivity contribution < 1.29 is 13.2 Å². The van der Waals surface area contributed by atoms with Gasteiger partial charge in [0.15, 0.2) is 0 Å². The van der Waals surface area contributed by atoms with E-state index in [1.165, 1.54) is 6.07 Å². The lowest BCUT2D eigenvalue weighted by atomic mass is 10.1. The number of aryl methyl sites for hydroxylation is 2. The number of carbonyl (C=O) groups excluding carboxylic acids is 1. The SMILES string of the molecule is Cc1ccc(N2CC[C@@H](NS(=O)(=O)c3ccccc3Br)C2=O)cc1C. The van der Waals surface area contributed by atoms with Gasteiger partial charge in [-0.05, 0) is 71.6 Å². The van der Waals surface area contributed by atoms with E-state index in [1.807, 2.05) is 32.0 Å². The zero-order valence-electron chi connectivity index (χ0n) is 14.0. The molecule has 25 heavy (non-hydrogen) atoms. The third kappa shape index (κ3) is 3.63. The van der Waals surface area contributed by atoms with Gasteiger partial charge in [0.25, 0.3) is 0 Å². The minimum Gasteiger partial charge on any atom is -0.311 e. The summed E-state index contributed by atoms with van der Waals surface area (Å²) in [5.74, 6) is -0.223. The molecule has 0 aromatic heterocycles. The Balaban J connectivity index is 1.80. The summed E-state index contributed by atoms with van der Waals surface area (Å²) in [5, 5.41) is 0. The van der Waals surface area contributed by atoms with Gasteiger partial charge in [0.2, 0.25) is 15.9 Å². The fourth-order valence-electron chi connectivity index (χ4n) is 2.85. The highest BCUT2D eigenvalue weighted by molar-refractivity contribution is 9.10. The Labute approximate surface area is 156 Å². The molecule has 2 aromatic rings. The molecule has 1 saturated heterocycles. The molecule has 1 heterocycles. The lowest BCUT2D eigenvalue weighted by Crippen LogP contribution is -2.41. The minimum atomic E-state index is -3.77. The molecule has 0 bridgehead atoms. The lowest BCUT2D eigenvalue weighted by molar-refractivity contribution is -0.118. The number of nitrogens with one attached hydrogen (secondary N) is 1. The number of rotatable bonds is 4. The molecule has 7 heteroatoms. The first kappa shape index (κ1) is 18.1. The summed E-state index contributed by atoms with van der Waals surface area (Å²) in [6, 6.07) is 11.6. The van der Waals surface area contributed by atoms with Crippen molar-refractivity contribution in [3.63, 3.8) is 0 Å². The number of sulfonamides is 1. The number of hydrogen-bond acceptors (Lipinski definition) is 3. The molecule has 5 nitrogen and oxygen atoms in total. The van der Waals surface area contributed by atoms with Crippen LogP contribution in [0.2, 0.25) is 0 Å². The Kier molecular flexibility index (Phi) is 4.99. The van der Waals surface area contributed by atoms with Crippen molar-refractivity contribution in [1.29, 1.82) is 0 Å². The maximum absolute atomic E-state index is 12.7. The third-order valence-electron chi connectivity index (χ3n) is 4.43. The molecule has 1 amide bonds. The van der Waals surface area contributed by atoms with Crippen molar-refractivity contribution in [2.24, 2.45) is 0 Å². The van der Waals surface area contributed by atoms with E-state index in [0.717, 1.165) is 16.8 Å². The lowest BCUT2D eigenvalue weighted by Gasteiger charge is -2.18. The van der Waals surface area contributed by atoms with E-state index in [2.05, 4.69) is 20.7 Å². The molecular weight excluding hydrogens is 404 g/mol. The first-order chi connectivity index (χ1) is 11.8. The highest BCUT2D eigenvalue weighted by atomic mass is 79.9. The van der Waals surface area contributed by atoms with E-state index in [-0.39, 0.29) is 10.8 Å². The summed E-state index contributed by atoms with van der Waals surface area (Å²) in [5.41, 5.74) is 3.06. The van der Waals surface area contributed by atoms with Crippen molar-refractivity contribution in [2.75, 3.05) is 11.4 Å². The molecule has 0 radical (unpaired) electrons. The van der Waals surface area contributed by atoms with Gasteiger partial charge in [-0.25, -0.2) is 8.42 Å². The van der Waals surface area contributed by atoms with Crippen LogP contribution in [0, 0.1) is 13.8 Å². The average Bonchev–Trinajstić information content (AvgIpc) is 2.91.